The van der Waals surface area contributed by atoms with Gasteiger partial charge in [0.25, 0.3) is 0 Å². The summed E-state index contributed by atoms with van der Waals surface area (Å²) in [5.74, 6) is 0.648. The van der Waals surface area contributed by atoms with Crippen LogP contribution < -0.4 is 0 Å². The second-order valence-electron chi connectivity index (χ2n) is 13.7. The molecule has 8 aromatic carbocycles. The predicted octanol–water partition coefficient (Wildman–Crippen LogP) is 12.8. The highest BCUT2D eigenvalue weighted by atomic mass is 15.0. The van der Waals surface area contributed by atoms with E-state index in [4.69, 9.17) is 0 Å². The summed E-state index contributed by atoms with van der Waals surface area (Å²) in [4.78, 5) is 0. The SMILES string of the molecule is Cc1ccc(-n2c3ccc4ccccc4c3c3c4ccccc4c4ccccc4c32)cc1C1C=CC=CC1Cc1ccc2ccccc2c1. The first-order valence-electron chi connectivity index (χ1n) is 17.4. The molecule has 0 aliphatic heterocycles. The van der Waals surface area contributed by atoms with Gasteiger partial charge in [-0.25, -0.2) is 0 Å². The Morgan fingerprint density at radius 2 is 1.16 bits per heavy atom. The van der Waals surface area contributed by atoms with Crippen molar-refractivity contribution >= 4 is 64.9 Å². The Kier molecular flexibility index (Phi) is 6.36. The van der Waals surface area contributed by atoms with Crippen LogP contribution in [0.5, 0.6) is 0 Å². The number of aryl methyl sites for hydroxylation is 1. The second kappa shape index (κ2) is 11.1. The van der Waals surface area contributed by atoms with E-state index in [0.29, 0.717) is 5.92 Å². The Labute approximate surface area is 286 Å². The molecule has 0 amide bonds. The fraction of sp³-hybridized carbons (Fsp3) is 0.0833. The van der Waals surface area contributed by atoms with Crippen molar-refractivity contribution in [1.29, 1.82) is 0 Å². The molecule has 1 heterocycles. The first-order valence-corrected chi connectivity index (χ1v) is 17.4. The zero-order chi connectivity index (χ0) is 32.5. The van der Waals surface area contributed by atoms with Crippen molar-refractivity contribution in [1.82, 2.24) is 4.57 Å². The molecular weight excluding hydrogens is 591 g/mol. The van der Waals surface area contributed by atoms with Crippen molar-refractivity contribution in [3.05, 3.63) is 187 Å². The van der Waals surface area contributed by atoms with Crippen molar-refractivity contribution in [2.24, 2.45) is 5.92 Å². The van der Waals surface area contributed by atoms with Gasteiger partial charge in [-0.2, -0.15) is 0 Å². The predicted molar refractivity (Wildman–Crippen MR) is 210 cm³/mol. The minimum atomic E-state index is 0.280. The van der Waals surface area contributed by atoms with Crippen molar-refractivity contribution < 1.29 is 0 Å². The van der Waals surface area contributed by atoms with Crippen LogP contribution in [0.3, 0.4) is 0 Å². The lowest BCUT2D eigenvalue weighted by Crippen LogP contribution is -2.15. The summed E-state index contributed by atoms with van der Waals surface area (Å²) in [6.07, 6.45) is 10.3. The highest BCUT2D eigenvalue weighted by molar-refractivity contribution is 6.35. The Balaban J connectivity index is 1.21. The van der Waals surface area contributed by atoms with Gasteiger partial charge in [0.1, 0.15) is 0 Å². The molecule has 0 radical (unpaired) electrons. The zero-order valence-corrected chi connectivity index (χ0v) is 27.5. The lowest BCUT2D eigenvalue weighted by atomic mass is 9.78. The third-order valence-electron chi connectivity index (χ3n) is 10.9. The molecule has 1 aliphatic rings. The Morgan fingerprint density at radius 1 is 0.510 bits per heavy atom. The van der Waals surface area contributed by atoms with Gasteiger partial charge in [0, 0.05) is 27.8 Å². The zero-order valence-electron chi connectivity index (χ0n) is 27.5. The standard InChI is InChI=1S/C48H35N/c1-31-22-26-37(30-44(31)38-16-6-5-15-36(38)29-32-23-24-33-12-2-3-14-35(33)28-32)49-45-27-25-34-13-4-7-17-39(34)46(45)47-42-20-10-8-18-40(42)41-19-9-11-21-43(41)48(47)49/h2-28,30,36,38H,29H2,1H3. The molecule has 1 aliphatic carbocycles. The molecule has 2 unspecified atom stereocenters. The molecule has 1 aromatic heterocycles. The average molecular weight is 626 g/mol. The maximum atomic E-state index is 2.55. The average Bonchev–Trinajstić information content (AvgIpc) is 3.52. The van der Waals surface area contributed by atoms with Gasteiger partial charge >= 0.3 is 0 Å². The van der Waals surface area contributed by atoms with Gasteiger partial charge in [-0.3, -0.25) is 0 Å². The van der Waals surface area contributed by atoms with Crippen LogP contribution in [-0.2, 0) is 6.42 Å². The van der Waals surface area contributed by atoms with E-state index in [1.807, 2.05) is 0 Å². The van der Waals surface area contributed by atoms with E-state index in [-0.39, 0.29) is 5.92 Å². The molecule has 1 heteroatoms. The normalized spacial score (nSPS) is 16.2. The van der Waals surface area contributed by atoms with Crippen LogP contribution in [0.15, 0.2) is 170 Å². The molecule has 0 N–H and O–H groups in total. The first-order chi connectivity index (χ1) is 24.2. The monoisotopic (exact) mass is 625 g/mol. The number of aromatic nitrogens is 1. The molecule has 0 fully saturated rings. The van der Waals surface area contributed by atoms with Crippen molar-refractivity contribution in [2.75, 3.05) is 0 Å². The summed E-state index contributed by atoms with van der Waals surface area (Å²) in [7, 11) is 0. The molecule has 0 saturated heterocycles. The van der Waals surface area contributed by atoms with Crippen LogP contribution in [0.25, 0.3) is 70.6 Å². The third-order valence-corrected chi connectivity index (χ3v) is 10.9. The Bertz CT molecular complexity index is 2830. The number of rotatable bonds is 4. The van der Waals surface area contributed by atoms with Crippen LogP contribution in [0.4, 0.5) is 0 Å². The maximum absolute atomic E-state index is 2.55. The smallest absolute Gasteiger partial charge is 0.0626 e. The van der Waals surface area contributed by atoms with E-state index in [9.17, 15) is 0 Å². The van der Waals surface area contributed by atoms with Gasteiger partial charge in [-0.15, -0.1) is 0 Å². The Hall–Kier alpha value is -5.92. The third kappa shape index (κ3) is 4.39. The molecule has 1 nitrogen and oxygen atoms in total. The van der Waals surface area contributed by atoms with Crippen LogP contribution in [0.1, 0.15) is 22.6 Å². The number of allylic oxidation sites excluding steroid dienone is 4. The van der Waals surface area contributed by atoms with E-state index in [0.717, 1.165) is 6.42 Å². The second-order valence-corrected chi connectivity index (χ2v) is 13.7. The topological polar surface area (TPSA) is 4.93 Å². The van der Waals surface area contributed by atoms with Crippen LogP contribution >= 0.6 is 0 Å². The summed E-state index contributed by atoms with van der Waals surface area (Å²) in [5.41, 5.74) is 7.85. The first kappa shape index (κ1) is 28.1. The van der Waals surface area contributed by atoms with E-state index < -0.39 is 0 Å². The van der Waals surface area contributed by atoms with E-state index >= 15 is 0 Å². The lowest BCUT2D eigenvalue weighted by molar-refractivity contribution is 0.572. The quantitative estimate of drug-likeness (QED) is 0.172. The fourth-order valence-electron chi connectivity index (χ4n) is 8.65. The minimum Gasteiger partial charge on any atom is -0.309 e. The summed E-state index contributed by atoms with van der Waals surface area (Å²) < 4.78 is 2.55. The van der Waals surface area contributed by atoms with E-state index in [1.54, 1.807) is 0 Å². The van der Waals surface area contributed by atoms with Gasteiger partial charge in [0.05, 0.1) is 11.0 Å². The van der Waals surface area contributed by atoms with Crippen LogP contribution in [-0.4, -0.2) is 4.57 Å². The summed E-state index contributed by atoms with van der Waals surface area (Å²) >= 11 is 0. The van der Waals surface area contributed by atoms with Gasteiger partial charge in [0.15, 0.2) is 0 Å². The molecular formula is C48H35N. The highest BCUT2D eigenvalue weighted by Gasteiger charge is 2.25. The molecule has 49 heavy (non-hydrogen) atoms. The molecule has 0 bridgehead atoms. The molecule has 10 rings (SSSR count). The van der Waals surface area contributed by atoms with Gasteiger partial charge in [0.2, 0.25) is 0 Å². The van der Waals surface area contributed by atoms with Crippen molar-refractivity contribution in [3.8, 4) is 5.69 Å². The fourth-order valence-corrected chi connectivity index (χ4v) is 8.65. The summed E-state index contributed by atoms with van der Waals surface area (Å²) in [6.45, 7) is 2.28. The minimum absolute atomic E-state index is 0.280. The van der Waals surface area contributed by atoms with Crippen LogP contribution in [0.2, 0.25) is 0 Å². The molecule has 9 aromatic rings. The van der Waals surface area contributed by atoms with Crippen LogP contribution in [0, 0.1) is 12.8 Å². The molecule has 232 valence electrons. The van der Waals surface area contributed by atoms with Gasteiger partial charge < -0.3 is 4.57 Å². The van der Waals surface area contributed by atoms with E-state index in [1.165, 1.54) is 87.3 Å². The van der Waals surface area contributed by atoms with Gasteiger partial charge in [-0.05, 0) is 91.9 Å². The summed E-state index contributed by atoms with van der Waals surface area (Å²) in [6, 6.07) is 54.2. The molecule has 0 saturated carbocycles. The molecule has 0 spiro atoms. The lowest BCUT2D eigenvalue weighted by Gasteiger charge is -2.27. The number of fused-ring (bicyclic) bond motifs is 11. The van der Waals surface area contributed by atoms with Crippen molar-refractivity contribution in [3.63, 3.8) is 0 Å². The number of hydrogen-bond acceptors (Lipinski definition) is 0. The number of benzene rings is 8. The number of nitrogens with zero attached hydrogens (tertiary/aromatic N) is 1. The number of hydrogen-bond donors (Lipinski definition) is 0. The maximum Gasteiger partial charge on any atom is 0.0626 e. The highest BCUT2D eigenvalue weighted by Crippen LogP contribution is 2.45. The molecule has 2 atom stereocenters. The Morgan fingerprint density at radius 3 is 2.00 bits per heavy atom. The summed E-state index contributed by atoms with van der Waals surface area (Å²) in [5, 5.41) is 13.0. The largest absolute Gasteiger partial charge is 0.309 e. The van der Waals surface area contributed by atoms with E-state index in [2.05, 4.69) is 181 Å². The van der Waals surface area contributed by atoms with Crippen molar-refractivity contribution in [2.45, 2.75) is 19.3 Å². The van der Waals surface area contributed by atoms with Gasteiger partial charge in [-0.1, -0.05) is 152 Å².